The Morgan fingerprint density at radius 2 is 1.57 bits per heavy atom. The predicted octanol–water partition coefficient (Wildman–Crippen LogP) is 5.33. The second-order valence-electron chi connectivity index (χ2n) is 6.43. The highest BCUT2D eigenvalue weighted by Gasteiger charge is 2.32. The first-order chi connectivity index (χ1) is 13.6. The monoisotopic (exact) mass is 377 g/mol. The summed E-state index contributed by atoms with van der Waals surface area (Å²) in [4.78, 5) is 0. The molecule has 0 unspecified atom stereocenters. The van der Waals surface area contributed by atoms with Gasteiger partial charge in [-0.25, -0.2) is 13.2 Å². The van der Waals surface area contributed by atoms with Gasteiger partial charge in [-0.1, -0.05) is 42.5 Å². The first-order valence-corrected chi connectivity index (χ1v) is 8.63. The largest absolute Gasteiger partial charge is 0.254 e. The van der Waals surface area contributed by atoms with Crippen LogP contribution in [0.15, 0.2) is 71.8 Å². The second-order valence-corrected chi connectivity index (χ2v) is 6.43. The van der Waals surface area contributed by atoms with Gasteiger partial charge in [-0.2, -0.15) is 10.4 Å². The fraction of sp³-hybridized carbons (Fsp3) is 0.0909. The van der Waals surface area contributed by atoms with Crippen molar-refractivity contribution in [2.45, 2.75) is 12.5 Å². The minimum atomic E-state index is -1.24. The van der Waals surface area contributed by atoms with Crippen LogP contribution in [0.2, 0.25) is 0 Å². The minimum absolute atomic E-state index is 0.128. The van der Waals surface area contributed by atoms with Crippen LogP contribution in [0.4, 0.5) is 18.9 Å². The molecule has 0 saturated heterocycles. The molecular formula is C22H14F3N3. The molecule has 6 heteroatoms. The number of anilines is 1. The molecule has 138 valence electrons. The molecule has 0 fully saturated rings. The summed E-state index contributed by atoms with van der Waals surface area (Å²) in [5.74, 6) is -3.26. The van der Waals surface area contributed by atoms with Crippen LogP contribution < -0.4 is 5.01 Å². The molecule has 1 heterocycles. The van der Waals surface area contributed by atoms with Crippen molar-refractivity contribution in [3.05, 3.63) is 101 Å². The van der Waals surface area contributed by atoms with Gasteiger partial charge in [0, 0.05) is 18.6 Å². The van der Waals surface area contributed by atoms with Crippen molar-refractivity contribution in [1.29, 1.82) is 5.26 Å². The zero-order chi connectivity index (χ0) is 19.7. The fourth-order valence-electron chi connectivity index (χ4n) is 3.27. The lowest BCUT2D eigenvalue weighted by molar-refractivity contribution is 0.492. The summed E-state index contributed by atoms with van der Waals surface area (Å²) in [7, 11) is 0. The van der Waals surface area contributed by atoms with Crippen LogP contribution in [0.5, 0.6) is 0 Å². The van der Waals surface area contributed by atoms with Crippen LogP contribution >= 0.6 is 0 Å². The zero-order valence-corrected chi connectivity index (χ0v) is 14.6. The third-order valence-electron chi connectivity index (χ3n) is 4.68. The Hall–Kier alpha value is -3.59. The Balaban J connectivity index is 1.80. The average molecular weight is 377 g/mol. The number of nitrogens with zero attached hydrogens (tertiary/aromatic N) is 3. The standard InChI is InChI=1S/C22H14F3N3/c23-17-10-19(25)22(11-18(17)24)28-21(16-4-2-1-3-5-16)12-20(27-28)15-8-6-14(13-26)7-9-15/h1-11,21H,12H2/t21-/m0/s1. The molecule has 4 rings (SSSR count). The Labute approximate surface area is 160 Å². The highest BCUT2D eigenvalue weighted by molar-refractivity contribution is 6.03. The number of hydrogen-bond acceptors (Lipinski definition) is 3. The Kier molecular flexibility index (Phi) is 4.58. The van der Waals surface area contributed by atoms with Crippen LogP contribution in [0, 0.1) is 28.8 Å². The van der Waals surface area contributed by atoms with E-state index in [1.165, 1.54) is 5.01 Å². The molecule has 0 aromatic heterocycles. The van der Waals surface area contributed by atoms with Crippen LogP contribution in [-0.4, -0.2) is 5.71 Å². The summed E-state index contributed by atoms with van der Waals surface area (Å²) in [5.41, 5.74) is 2.72. The molecule has 0 bridgehead atoms. The van der Waals surface area contributed by atoms with E-state index in [1.54, 1.807) is 24.3 Å². The van der Waals surface area contributed by atoms with E-state index in [9.17, 15) is 13.2 Å². The van der Waals surface area contributed by atoms with E-state index >= 15 is 0 Å². The molecule has 3 nitrogen and oxygen atoms in total. The quantitative estimate of drug-likeness (QED) is 0.579. The summed E-state index contributed by atoms with van der Waals surface area (Å²) in [6.45, 7) is 0. The maximum Gasteiger partial charge on any atom is 0.161 e. The number of halogens is 3. The SMILES string of the molecule is N#Cc1ccc(C2=NN(c3cc(F)c(F)cc3F)[C@H](c3ccccc3)C2)cc1. The first kappa shape index (κ1) is 17.8. The van der Waals surface area contributed by atoms with E-state index in [1.807, 2.05) is 30.3 Å². The predicted molar refractivity (Wildman–Crippen MR) is 100 cm³/mol. The van der Waals surface area contributed by atoms with Gasteiger partial charge in [-0.3, -0.25) is 5.01 Å². The third-order valence-corrected chi connectivity index (χ3v) is 4.68. The lowest BCUT2D eigenvalue weighted by Crippen LogP contribution is -2.20. The molecular weight excluding hydrogens is 363 g/mol. The van der Waals surface area contributed by atoms with Gasteiger partial charge in [-0.05, 0) is 23.3 Å². The molecule has 0 spiro atoms. The summed E-state index contributed by atoms with van der Waals surface area (Å²) < 4.78 is 41.6. The van der Waals surface area contributed by atoms with Crippen molar-refractivity contribution in [1.82, 2.24) is 0 Å². The van der Waals surface area contributed by atoms with E-state index < -0.39 is 17.5 Å². The van der Waals surface area contributed by atoms with E-state index in [0.29, 0.717) is 23.8 Å². The van der Waals surface area contributed by atoms with Gasteiger partial charge >= 0.3 is 0 Å². The van der Waals surface area contributed by atoms with Gasteiger partial charge in [0.05, 0.1) is 29.1 Å². The number of hydrogen-bond donors (Lipinski definition) is 0. The maximum absolute atomic E-state index is 14.4. The number of hydrazone groups is 1. The van der Waals surface area contributed by atoms with Gasteiger partial charge in [0.2, 0.25) is 0 Å². The average Bonchev–Trinajstić information content (AvgIpc) is 3.16. The number of nitriles is 1. The summed E-state index contributed by atoms with van der Waals surface area (Å²) in [6, 6.07) is 19.3. The molecule has 0 N–H and O–H groups in total. The van der Waals surface area contributed by atoms with Crippen molar-refractivity contribution in [3.63, 3.8) is 0 Å². The zero-order valence-electron chi connectivity index (χ0n) is 14.6. The topological polar surface area (TPSA) is 39.4 Å². The highest BCUT2D eigenvalue weighted by Crippen LogP contribution is 2.38. The molecule has 1 aliphatic heterocycles. The molecule has 1 atom stereocenters. The van der Waals surface area contributed by atoms with Crippen molar-refractivity contribution in [2.75, 3.05) is 5.01 Å². The van der Waals surface area contributed by atoms with E-state index in [4.69, 9.17) is 5.26 Å². The minimum Gasteiger partial charge on any atom is -0.254 e. The number of benzene rings is 3. The van der Waals surface area contributed by atoms with Crippen LogP contribution in [0.3, 0.4) is 0 Å². The summed E-state index contributed by atoms with van der Waals surface area (Å²) >= 11 is 0. The molecule has 0 amide bonds. The summed E-state index contributed by atoms with van der Waals surface area (Å²) in [5, 5.41) is 14.9. The molecule has 28 heavy (non-hydrogen) atoms. The first-order valence-electron chi connectivity index (χ1n) is 8.63. The fourth-order valence-corrected chi connectivity index (χ4v) is 3.27. The van der Waals surface area contributed by atoms with Crippen LogP contribution in [-0.2, 0) is 0 Å². The van der Waals surface area contributed by atoms with Gasteiger partial charge in [0.15, 0.2) is 17.5 Å². The smallest absolute Gasteiger partial charge is 0.161 e. The second kappa shape index (κ2) is 7.20. The van der Waals surface area contributed by atoms with Crippen molar-refractivity contribution in [3.8, 4) is 6.07 Å². The van der Waals surface area contributed by atoms with Gasteiger partial charge in [-0.15, -0.1) is 0 Å². The molecule has 3 aromatic rings. The lowest BCUT2D eigenvalue weighted by Gasteiger charge is -2.24. The molecule has 0 radical (unpaired) electrons. The molecule has 0 saturated carbocycles. The Morgan fingerprint density at radius 3 is 2.25 bits per heavy atom. The van der Waals surface area contributed by atoms with Crippen molar-refractivity contribution >= 4 is 11.4 Å². The normalized spacial score (nSPS) is 16.0. The molecule has 3 aromatic carbocycles. The molecule has 1 aliphatic rings. The van der Waals surface area contributed by atoms with Gasteiger partial charge in [0.25, 0.3) is 0 Å². The third kappa shape index (κ3) is 3.23. The lowest BCUT2D eigenvalue weighted by atomic mass is 9.98. The Bertz CT molecular complexity index is 1090. The van der Waals surface area contributed by atoms with Gasteiger partial charge < -0.3 is 0 Å². The van der Waals surface area contributed by atoms with Crippen LogP contribution in [0.1, 0.15) is 29.2 Å². The van der Waals surface area contributed by atoms with Crippen LogP contribution in [0.25, 0.3) is 0 Å². The maximum atomic E-state index is 14.4. The summed E-state index contributed by atoms with van der Waals surface area (Å²) in [6.07, 6.45) is 0.453. The van der Waals surface area contributed by atoms with Gasteiger partial charge in [0.1, 0.15) is 0 Å². The highest BCUT2D eigenvalue weighted by atomic mass is 19.2. The van der Waals surface area contributed by atoms with E-state index in [-0.39, 0.29) is 11.7 Å². The Morgan fingerprint density at radius 1 is 0.893 bits per heavy atom. The van der Waals surface area contributed by atoms with E-state index in [2.05, 4.69) is 11.2 Å². The van der Waals surface area contributed by atoms with Crippen molar-refractivity contribution in [2.24, 2.45) is 5.10 Å². The van der Waals surface area contributed by atoms with E-state index in [0.717, 1.165) is 17.2 Å². The van der Waals surface area contributed by atoms with Crippen molar-refractivity contribution < 1.29 is 13.2 Å². The number of rotatable bonds is 3. The molecule has 0 aliphatic carbocycles.